The van der Waals surface area contributed by atoms with E-state index < -0.39 is 14.0 Å². The number of esters is 1. The number of carbonyl (C=O) groups is 1. The molecule has 16 heavy (non-hydrogen) atoms. The number of ether oxygens (including phenoxy) is 1. The molecule has 0 amide bonds. The van der Waals surface area contributed by atoms with Crippen molar-refractivity contribution in [3.63, 3.8) is 0 Å². The van der Waals surface area contributed by atoms with Crippen LogP contribution in [0.5, 0.6) is 0 Å². The van der Waals surface area contributed by atoms with Crippen LogP contribution < -0.4 is 0 Å². The fourth-order valence-corrected chi connectivity index (χ4v) is 1.46. The molecule has 1 rings (SSSR count). The minimum absolute atomic E-state index is 0.210. The Balaban J connectivity index is 2.79. The van der Waals surface area contributed by atoms with Crippen molar-refractivity contribution in [3.8, 4) is 11.5 Å². The lowest BCUT2D eigenvalue weighted by molar-refractivity contribution is 0.0489. The fraction of sp³-hybridized carbons (Fsp3) is 0.417. The Labute approximate surface area is 96.8 Å². The Kier molecular flexibility index (Phi) is 3.97. The molecule has 0 atom stereocenters. The van der Waals surface area contributed by atoms with E-state index in [1.165, 1.54) is 0 Å². The van der Waals surface area contributed by atoms with Crippen molar-refractivity contribution >= 4 is 14.0 Å². The first kappa shape index (κ1) is 12.6. The van der Waals surface area contributed by atoms with Gasteiger partial charge in [-0.1, -0.05) is 19.6 Å². The van der Waals surface area contributed by atoms with Crippen molar-refractivity contribution in [2.75, 3.05) is 6.61 Å². The second-order valence-electron chi connectivity index (χ2n) is 4.38. The molecule has 0 bridgehead atoms. The average Bonchev–Trinajstić information content (AvgIpc) is 2.62. The topological polar surface area (TPSA) is 39.4 Å². The van der Waals surface area contributed by atoms with Crippen molar-refractivity contribution in [1.82, 2.24) is 0 Å². The molecule has 0 spiro atoms. The lowest BCUT2D eigenvalue weighted by Crippen LogP contribution is -2.16. The van der Waals surface area contributed by atoms with E-state index in [9.17, 15) is 4.79 Å². The molecule has 0 aliphatic heterocycles. The second kappa shape index (κ2) is 5.04. The molecule has 0 aliphatic carbocycles. The summed E-state index contributed by atoms with van der Waals surface area (Å²) in [6.07, 6.45) is 0. The first-order valence-corrected chi connectivity index (χ1v) is 8.72. The van der Waals surface area contributed by atoms with E-state index in [1.54, 1.807) is 19.1 Å². The van der Waals surface area contributed by atoms with Crippen LogP contribution in [0, 0.1) is 11.5 Å². The van der Waals surface area contributed by atoms with Crippen molar-refractivity contribution in [1.29, 1.82) is 0 Å². The normalized spacial score (nSPS) is 10.5. The molecule has 1 heterocycles. The van der Waals surface area contributed by atoms with E-state index in [0.29, 0.717) is 12.4 Å². The van der Waals surface area contributed by atoms with Gasteiger partial charge in [0, 0.05) is 0 Å². The molecule has 0 radical (unpaired) electrons. The number of carbonyl (C=O) groups excluding carboxylic acids is 1. The maximum absolute atomic E-state index is 11.3. The van der Waals surface area contributed by atoms with E-state index in [1.807, 2.05) is 0 Å². The molecule has 0 fully saturated rings. The Bertz CT molecular complexity index is 429. The summed E-state index contributed by atoms with van der Waals surface area (Å²) in [6.45, 7) is 8.54. The van der Waals surface area contributed by atoms with Gasteiger partial charge in [0.25, 0.3) is 0 Å². The fourth-order valence-electron chi connectivity index (χ4n) is 0.966. The van der Waals surface area contributed by atoms with Crippen LogP contribution in [-0.2, 0) is 4.74 Å². The van der Waals surface area contributed by atoms with Crippen LogP contribution in [0.2, 0.25) is 19.6 Å². The average molecular weight is 236 g/mol. The van der Waals surface area contributed by atoms with Crippen molar-refractivity contribution in [2.24, 2.45) is 0 Å². The summed E-state index contributed by atoms with van der Waals surface area (Å²) in [5.74, 6) is 3.23. The van der Waals surface area contributed by atoms with Crippen molar-refractivity contribution < 1.29 is 13.9 Å². The van der Waals surface area contributed by atoms with Crippen LogP contribution >= 0.6 is 0 Å². The molecule has 0 aliphatic rings. The molecule has 0 aromatic carbocycles. The van der Waals surface area contributed by atoms with Gasteiger partial charge in [0.1, 0.15) is 8.07 Å². The van der Waals surface area contributed by atoms with E-state index in [4.69, 9.17) is 9.15 Å². The smallest absolute Gasteiger partial charge is 0.374 e. The SMILES string of the molecule is CCOC(=O)c1ccc(C#C[Si](C)(C)C)o1. The van der Waals surface area contributed by atoms with Gasteiger partial charge < -0.3 is 9.15 Å². The minimum atomic E-state index is -1.41. The van der Waals surface area contributed by atoms with E-state index in [-0.39, 0.29) is 5.76 Å². The van der Waals surface area contributed by atoms with Gasteiger partial charge in [0.05, 0.1) is 6.61 Å². The summed E-state index contributed by atoms with van der Waals surface area (Å²) >= 11 is 0. The summed E-state index contributed by atoms with van der Waals surface area (Å²) in [5.41, 5.74) is 3.17. The lowest BCUT2D eigenvalue weighted by Gasteiger charge is -2.02. The zero-order chi connectivity index (χ0) is 12.2. The van der Waals surface area contributed by atoms with Gasteiger partial charge in [-0.05, 0) is 25.0 Å². The molecule has 1 aromatic heterocycles. The first-order chi connectivity index (χ1) is 7.42. The van der Waals surface area contributed by atoms with Crippen LogP contribution in [0.1, 0.15) is 23.2 Å². The molecule has 86 valence electrons. The predicted molar refractivity (Wildman–Crippen MR) is 64.9 cm³/mol. The monoisotopic (exact) mass is 236 g/mol. The zero-order valence-electron chi connectivity index (χ0n) is 10.1. The molecular weight excluding hydrogens is 220 g/mol. The highest BCUT2D eigenvalue weighted by molar-refractivity contribution is 6.83. The first-order valence-electron chi connectivity index (χ1n) is 5.22. The zero-order valence-corrected chi connectivity index (χ0v) is 11.1. The Hall–Kier alpha value is -1.47. The van der Waals surface area contributed by atoms with Gasteiger partial charge in [-0.3, -0.25) is 0 Å². The largest absolute Gasteiger partial charge is 0.460 e. The van der Waals surface area contributed by atoms with Gasteiger partial charge >= 0.3 is 5.97 Å². The third kappa shape index (κ3) is 3.95. The van der Waals surface area contributed by atoms with Gasteiger partial charge in [-0.25, -0.2) is 4.79 Å². The third-order valence-corrected chi connectivity index (χ3v) is 2.52. The summed E-state index contributed by atoms with van der Waals surface area (Å²) in [7, 11) is -1.41. The third-order valence-electron chi connectivity index (χ3n) is 1.64. The van der Waals surface area contributed by atoms with Crippen LogP contribution in [0.3, 0.4) is 0 Å². The van der Waals surface area contributed by atoms with Crippen LogP contribution in [0.4, 0.5) is 0 Å². The molecule has 0 saturated carbocycles. The number of hydrogen-bond acceptors (Lipinski definition) is 3. The number of furan rings is 1. The van der Waals surface area contributed by atoms with Gasteiger partial charge in [-0.15, -0.1) is 5.54 Å². The molecule has 3 nitrogen and oxygen atoms in total. The molecule has 4 heteroatoms. The number of hydrogen-bond donors (Lipinski definition) is 0. The van der Waals surface area contributed by atoms with Gasteiger partial charge in [0.2, 0.25) is 5.76 Å². The van der Waals surface area contributed by atoms with Crippen molar-refractivity contribution in [3.05, 3.63) is 23.7 Å². The predicted octanol–water partition coefficient (Wildman–Crippen LogP) is 2.69. The molecule has 0 N–H and O–H groups in total. The van der Waals surface area contributed by atoms with Crippen molar-refractivity contribution in [2.45, 2.75) is 26.6 Å². The molecule has 0 saturated heterocycles. The van der Waals surface area contributed by atoms with Gasteiger partial charge in [-0.2, -0.15) is 0 Å². The van der Waals surface area contributed by atoms with E-state index >= 15 is 0 Å². The van der Waals surface area contributed by atoms with E-state index in [2.05, 4.69) is 31.1 Å². The number of rotatable bonds is 2. The maximum Gasteiger partial charge on any atom is 0.374 e. The second-order valence-corrected chi connectivity index (χ2v) is 9.13. The highest BCUT2D eigenvalue weighted by Gasteiger charge is 2.12. The summed E-state index contributed by atoms with van der Waals surface area (Å²) in [6, 6.07) is 3.28. The maximum atomic E-state index is 11.3. The van der Waals surface area contributed by atoms with Gasteiger partial charge in [0.15, 0.2) is 5.76 Å². The summed E-state index contributed by atoms with van der Waals surface area (Å²) in [4.78, 5) is 11.3. The minimum Gasteiger partial charge on any atom is -0.460 e. The quantitative estimate of drug-likeness (QED) is 0.450. The van der Waals surface area contributed by atoms with Crippen LogP contribution in [0.25, 0.3) is 0 Å². The molecular formula is C12H16O3Si. The Morgan fingerprint density at radius 3 is 2.69 bits per heavy atom. The Morgan fingerprint density at radius 1 is 1.44 bits per heavy atom. The molecule has 0 unspecified atom stereocenters. The highest BCUT2D eigenvalue weighted by atomic mass is 28.3. The standard InChI is InChI=1S/C12H16O3Si/c1-5-14-12(13)11-7-6-10(15-11)8-9-16(2,3)4/h6-7H,5H2,1-4H3. The summed E-state index contributed by atoms with van der Waals surface area (Å²) in [5, 5.41) is 0. The van der Waals surface area contributed by atoms with E-state index in [0.717, 1.165) is 0 Å². The van der Waals surface area contributed by atoms with Crippen LogP contribution in [0.15, 0.2) is 16.5 Å². The highest BCUT2D eigenvalue weighted by Crippen LogP contribution is 2.08. The lowest BCUT2D eigenvalue weighted by atomic mass is 10.4. The Morgan fingerprint density at radius 2 is 2.12 bits per heavy atom. The van der Waals surface area contributed by atoms with Crippen LogP contribution in [-0.4, -0.2) is 20.7 Å². The summed E-state index contributed by atoms with van der Waals surface area (Å²) < 4.78 is 10.1. The molecule has 1 aromatic rings.